The summed E-state index contributed by atoms with van der Waals surface area (Å²) in [6.07, 6.45) is 0.620. The van der Waals surface area contributed by atoms with E-state index in [1.54, 1.807) is 30.3 Å². The number of urea groups is 1. The van der Waals surface area contributed by atoms with Gasteiger partial charge in [0, 0.05) is 12.2 Å². The highest BCUT2D eigenvalue weighted by Gasteiger charge is 2.04. The monoisotopic (exact) mass is 326 g/mol. The summed E-state index contributed by atoms with van der Waals surface area (Å²) in [6.45, 7) is 0.443. The lowest BCUT2D eigenvalue weighted by atomic mass is 10.1. The highest BCUT2D eigenvalue weighted by atomic mass is 35.5. The fraction of sp³-hybridized carbons (Fsp3) is 0.133. The lowest BCUT2D eigenvalue weighted by Crippen LogP contribution is -2.30. The Kier molecular flexibility index (Phi) is 5.42. The van der Waals surface area contributed by atoms with Crippen molar-refractivity contribution in [3.05, 3.63) is 63.9 Å². The van der Waals surface area contributed by atoms with Gasteiger partial charge in [0.25, 0.3) is 0 Å². The zero-order valence-electron chi connectivity index (χ0n) is 11.0. The van der Waals surface area contributed by atoms with Gasteiger partial charge in [-0.15, -0.1) is 0 Å². The van der Waals surface area contributed by atoms with Gasteiger partial charge in [0.15, 0.2) is 0 Å². The van der Waals surface area contributed by atoms with Crippen molar-refractivity contribution in [3.63, 3.8) is 0 Å². The fourth-order valence-electron chi connectivity index (χ4n) is 1.72. The molecule has 0 saturated heterocycles. The quantitative estimate of drug-likeness (QED) is 0.853. The first-order valence-electron chi connectivity index (χ1n) is 6.29. The van der Waals surface area contributed by atoms with E-state index in [1.165, 1.54) is 12.1 Å². The maximum Gasteiger partial charge on any atom is 0.319 e. The van der Waals surface area contributed by atoms with Crippen molar-refractivity contribution in [2.24, 2.45) is 0 Å². The van der Waals surface area contributed by atoms with Gasteiger partial charge in [-0.05, 0) is 42.3 Å². The van der Waals surface area contributed by atoms with Crippen molar-refractivity contribution >= 4 is 34.9 Å². The van der Waals surface area contributed by atoms with Crippen LogP contribution in [0.1, 0.15) is 5.56 Å². The number of hydrogen-bond acceptors (Lipinski definition) is 1. The first-order chi connectivity index (χ1) is 10.0. The number of carbonyl (C=O) groups is 1. The number of nitrogens with one attached hydrogen (secondary N) is 2. The molecule has 2 N–H and O–H groups in total. The summed E-state index contributed by atoms with van der Waals surface area (Å²) in [5, 5.41) is 6.17. The van der Waals surface area contributed by atoms with Crippen LogP contribution >= 0.6 is 23.2 Å². The number of anilines is 1. The zero-order valence-corrected chi connectivity index (χ0v) is 12.5. The van der Waals surface area contributed by atoms with E-state index in [4.69, 9.17) is 23.2 Å². The average Bonchev–Trinajstić information content (AvgIpc) is 2.45. The fourth-order valence-corrected chi connectivity index (χ4v) is 2.02. The van der Waals surface area contributed by atoms with Gasteiger partial charge in [0.05, 0.1) is 10.0 Å². The van der Waals surface area contributed by atoms with Crippen LogP contribution in [0.3, 0.4) is 0 Å². The molecule has 0 fully saturated rings. The Bertz CT molecular complexity index is 632. The van der Waals surface area contributed by atoms with Gasteiger partial charge in [-0.25, -0.2) is 9.18 Å². The second-order valence-corrected chi connectivity index (χ2v) is 5.20. The maximum absolute atomic E-state index is 12.7. The van der Waals surface area contributed by atoms with Gasteiger partial charge in [-0.1, -0.05) is 35.3 Å². The van der Waals surface area contributed by atoms with Crippen LogP contribution in [0.2, 0.25) is 10.0 Å². The molecule has 21 heavy (non-hydrogen) atoms. The Morgan fingerprint density at radius 2 is 1.76 bits per heavy atom. The molecule has 2 aromatic rings. The van der Waals surface area contributed by atoms with E-state index in [0.29, 0.717) is 28.7 Å². The van der Waals surface area contributed by atoms with Gasteiger partial charge in [0.2, 0.25) is 0 Å². The van der Waals surface area contributed by atoms with Crippen LogP contribution in [0.15, 0.2) is 42.5 Å². The normalized spacial score (nSPS) is 10.2. The molecule has 0 spiro atoms. The standard InChI is InChI=1S/C15H13Cl2FN2O/c16-13-6-5-12(9-14(13)17)20-15(21)19-8-7-10-1-3-11(18)4-2-10/h1-6,9H,7-8H2,(H2,19,20,21). The van der Waals surface area contributed by atoms with E-state index in [1.807, 2.05) is 0 Å². The zero-order chi connectivity index (χ0) is 15.2. The molecule has 0 heterocycles. The largest absolute Gasteiger partial charge is 0.338 e. The van der Waals surface area contributed by atoms with Gasteiger partial charge >= 0.3 is 6.03 Å². The summed E-state index contributed by atoms with van der Waals surface area (Å²) >= 11 is 11.7. The summed E-state index contributed by atoms with van der Waals surface area (Å²) in [7, 11) is 0. The highest BCUT2D eigenvalue weighted by Crippen LogP contribution is 2.24. The number of benzene rings is 2. The lowest BCUT2D eigenvalue weighted by Gasteiger charge is -2.08. The summed E-state index contributed by atoms with van der Waals surface area (Å²) in [5.74, 6) is -0.274. The molecule has 3 nitrogen and oxygen atoms in total. The average molecular weight is 327 g/mol. The molecule has 6 heteroatoms. The molecule has 0 aromatic heterocycles. The van der Waals surface area contributed by atoms with Crippen LogP contribution in [-0.4, -0.2) is 12.6 Å². The topological polar surface area (TPSA) is 41.1 Å². The summed E-state index contributed by atoms with van der Waals surface area (Å²) in [4.78, 5) is 11.7. The molecule has 0 saturated carbocycles. The predicted molar refractivity (Wildman–Crippen MR) is 83.6 cm³/mol. The second kappa shape index (κ2) is 7.29. The molecule has 2 rings (SSSR count). The molecule has 0 atom stereocenters. The van der Waals surface area contributed by atoms with Gasteiger partial charge < -0.3 is 10.6 Å². The van der Waals surface area contributed by atoms with Crippen LogP contribution in [0.4, 0.5) is 14.9 Å². The molecule has 0 radical (unpaired) electrons. The summed E-state index contributed by atoms with van der Waals surface area (Å²) in [5.41, 5.74) is 1.51. The van der Waals surface area contributed by atoms with Crippen LogP contribution < -0.4 is 10.6 Å². The summed E-state index contributed by atoms with van der Waals surface area (Å²) < 4.78 is 12.7. The van der Waals surface area contributed by atoms with Gasteiger partial charge in [-0.3, -0.25) is 0 Å². The molecule has 0 aliphatic rings. The van der Waals surface area contributed by atoms with Crippen LogP contribution in [0, 0.1) is 5.82 Å². The third-order valence-corrected chi connectivity index (χ3v) is 3.53. The molecule has 0 aliphatic heterocycles. The molecule has 2 aromatic carbocycles. The minimum Gasteiger partial charge on any atom is -0.338 e. The molecule has 0 unspecified atom stereocenters. The van der Waals surface area contributed by atoms with Crippen molar-refractivity contribution in [3.8, 4) is 0 Å². The van der Waals surface area contributed by atoms with E-state index in [2.05, 4.69) is 10.6 Å². The SMILES string of the molecule is O=C(NCCc1ccc(F)cc1)Nc1ccc(Cl)c(Cl)c1. The summed E-state index contributed by atoms with van der Waals surface area (Å²) in [6, 6.07) is 10.7. The molecule has 2 amide bonds. The molecular formula is C15H13Cl2FN2O. The van der Waals surface area contributed by atoms with Crippen LogP contribution in [0.5, 0.6) is 0 Å². The third-order valence-electron chi connectivity index (χ3n) is 2.79. The number of hydrogen-bond donors (Lipinski definition) is 2. The lowest BCUT2D eigenvalue weighted by molar-refractivity contribution is 0.252. The molecule has 110 valence electrons. The predicted octanol–water partition coefficient (Wildman–Crippen LogP) is 4.50. The smallest absolute Gasteiger partial charge is 0.319 e. The van der Waals surface area contributed by atoms with E-state index < -0.39 is 0 Å². The van der Waals surface area contributed by atoms with Crippen LogP contribution in [-0.2, 0) is 6.42 Å². The maximum atomic E-state index is 12.7. The number of rotatable bonds is 4. The van der Waals surface area contributed by atoms with E-state index in [0.717, 1.165) is 5.56 Å². The molecule has 0 bridgehead atoms. The molecule has 0 aliphatic carbocycles. The Morgan fingerprint density at radius 1 is 1.05 bits per heavy atom. The molecular weight excluding hydrogens is 314 g/mol. The van der Waals surface area contributed by atoms with Crippen molar-refractivity contribution < 1.29 is 9.18 Å². The second-order valence-electron chi connectivity index (χ2n) is 4.39. The van der Waals surface area contributed by atoms with Crippen molar-refractivity contribution in [1.82, 2.24) is 5.32 Å². The highest BCUT2D eigenvalue weighted by molar-refractivity contribution is 6.42. The van der Waals surface area contributed by atoms with Crippen molar-refractivity contribution in [2.75, 3.05) is 11.9 Å². The Labute approximate surface area is 132 Å². The van der Waals surface area contributed by atoms with Gasteiger partial charge in [0.1, 0.15) is 5.82 Å². The van der Waals surface area contributed by atoms with Crippen molar-refractivity contribution in [1.29, 1.82) is 0 Å². The number of amides is 2. The number of carbonyl (C=O) groups excluding carboxylic acids is 1. The Hall–Kier alpha value is -1.78. The van der Waals surface area contributed by atoms with Crippen LogP contribution in [0.25, 0.3) is 0 Å². The van der Waals surface area contributed by atoms with Crippen molar-refractivity contribution in [2.45, 2.75) is 6.42 Å². The number of halogens is 3. The Balaban J connectivity index is 1.79. The minimum absolute atomic E-state index is 0.274. The van der Waals surface area contributed by atoms with Gasteiger partial charge in [-0.2, -0.15) is 0 Å². The first kappa shape index (κ1) is 15.6. The first-order valence-corrected chi connectivity index (χ1v) is 7.04. The Morgan fingerprint density at radius 3 is 2.43 bits per heavy atom. The van der Waals surface area contributed by atoms with E-state index in [-0.39, 0.29) is 11.8 Å². The minimum atomic E-state index is -0.337. The third kappa shape index (κ3) is 4.92. The van der Waals surface area contributed by atoms with E-state index in [9.17, 15) is 9.18 Å². The van der Waals surface area contributed by atoms with E-state index >= 15 is 0 Å².